The van der Waals surface area contributed by atoms with E-state index in [-0.39, 0.29) is 31.4 Å². The molecule has 2 aromatic carbocycles. The fourth-order valence-electron chi connectivity index (χ4n) is 7.88. The van der Waals surface area contributed by atoms with Gasteiger partial charge < -0.3 is 52.7 Å². The van der Waals surface area contributed by atoms with Crippen LogP contribution in [0.5, 0.6) is 0 Å². The summed E-state index contributed by atoms with van der Waals surface area (Å²) in [5.74, 6) is -1.78. The van der Waals surface area contributed by atoms with Crippen molar-refractivity contribution in [3.05, 3.63) is 71.8 Å². The van der Waals surface area contributed by atoms with Gasteiger partial charge in [-0.25, -0.2) is 0 Å². The standard InChI is InChI=1S/C42H65BN10O6/c44-39(45)50-29-13-21-33(52-37(56)41(23-7-8-24-41)35(54)48-27-11-19-31-15-3-1-4-16-31)58-43-59-34(22-14-30-51-40(46)47)53-38(57)42(25-9-10-26-42)36(55)49-28-12-20-32-17-5-2-6-18-32/h1-6,15-18,33-34,43H,7-14,19-30H2,(H,48,54)(H,49,55)(H,52,56)(H,53,57)(H4,44,45,50)(H4,46,47,51). The lowest BCUT2D eigenvalue weighted by Crippen LogP contribution is -2.54. The van der Waals surface area contributed by atoms with E-state index in [0.717, 1.165) is 51.4 Å². The van der Waals surface area contributed by atoms with Crippen LogP contribution in [0.15, 0.2) is 60.7 Å². The summed E-state index contributed by atoms with van der Waals surface area (Å²) in [5, 5.41) is 32.5. The monoisotopic (exact) mass is 817 g/mol. The molecule has 4 rings (SSSR count). The van der Waals surface area contributed by atoms with Crippen LogP contribution in [0.1, 0.15) is 101 Å². The Morgan fingerprint density at radius 2 is 0.915 bits per heavy atom. The highest BCUT2D eigenvalue weighted by molar-refractivity contribution is 6.18. The van der Waals surface area contributed by atoms with Gasteiger partial charge in [-0.2, -0.15) is 0 Å². The number of carbonyl (C=O) groups is 4. The summed E-state index contributed by atoms with van der Waals surface area (Å²) in [7, 11) is -0.326. The van der Waals surface area contributed by atoms with Crippen LogP contribution < -0.4 is 43.4 Å². The molecule has 59 heavy (non-hydrogen) atoms. The predicted molar refractivity (Wildman–Crippen MR) is 229 cm³/mol. The number of amides is 4. The molecule has 16 nitrogen and oxygen atoms in total. The second-order valence-electron chi connectivity index (χ2n) is 15.6. The van der Waals surface area contributed by atoms with E-state index in [1.807, 2.05) is 60.7 Å². The van der Waals surface area contributed by atoms with E-state index in [0.29, 0.717) is 77.5 Å². The van der Waals surface area contributed by atoms with E-state index in [1.54, 1.807) is 0 Å². The Morgan fingerprint density at radius 1 is 0.559 bits per heavy atom. The quantitative estimate of drug-likeness (QED) is 0.0166. The fourth-order valence-corrected chi connectivity index (χ4v) is 7.88. The van der Waals surface area contributed by atoms with Crippen LogP contribution in [0.3, 0.4) is 0 Å². The molecule has 17 heteroatoms. The van der Waals surface area contributed by atoms with Gasteiger partial charge in [0, 0.05) is 26.2 Å². The average molecular weight is 817 g/mol. The number of carbonyl (C=O) groups excluding carboxylic acids is 4. The molecule has 2 saturated carbocycles. The summed E-state index contributed by atoms with van der Waals surface area (Å²) >= 11 is 0. The molecule has 0 spiro atoms. The highest BCUT2D eigenvalue weighted by Crippen LogP contribution is 2.40. The minimum absolute atomic E-state index is 0.178. The summed E-state index contributed by atoms with van der Waals surface area (Å²) in [5.41, 5.74) is 10.8. The van der Waals surface area contributed by atoms with E-state index in [2.05, 4.69) is 31.9 Å². The van der Waals surface area contributed by atoms with Crippen LogP contribution in [-0.4, -0.2) is 81.9 Å². The molecule has 322 valence electrons. The molecule has 2 fully saturated rings. The molecular formula is C42H65BN10O6. The number of aryl methyl sites for hydroxylation is 2. The van der Waals surface area contributed by atoms with Crippen molar-refractivity contribution in [1.29, 1.82) is 10.8 Å². The first-order valence-electron chi connectivity index (χ1n) is 21.2. The zero-order valence-corrected chi connectivity index (χ0v) is 34.4. The lowest BCUT2D eigenvalue weighted by Gasteiger charge is -2.31. The number of hydrogen-bond donors (Lipinski definition) is 10. The van der Waals surface area contributed by atoms with E-state index in [9.17, 15) is 19.2 Å². The Kier molecular flexibility index (Phi) is 19.5. The zero-order valence-electron chi connectivity index (χ0n) is 34.4. The van der Waals surface area contributed by atoms with Gasteiger partial charge in [-0.3, -0.25) is 30.0 Å². The maximum atomic E-state index is 14.0. The van der Waals surface area contributed by atoms with E-state index >= 15 is 0 Å². The third kappa shape index (κ3) is 15.2. The topological polar surface area (TPSA) is 259 Å². The first-order chi connectivity index (χ1) is 28.5. The Hall–Kier alpha value is -5.16. The van der Waals surface area contributed by atoms with Gasteiger partial charge in [0.25, 0.3) is 0 Å². The van der Waals surface area contributed by atoms with Crippen LogP contribution >= 0.6 is 0 Å². The highest BCUT2D eigenvalue weighted by Gasteiger charge is 2.49. The van der Waals surface area contributed by atoms with Gasteiger partial charge in [-0.05, 0) is 88.2 Å². The number of nitrogens with two attached hydrogens (primary N) is 2. The van der Waals surface area contributed by atoms with Gasteiger partial charge in [-0.15, -0.1) is 0 Å². The summed E-state index contributed by atoms with van der Waals surface area (Å²) in [6.07, 6.45) is 7.61. The van der Waals surface area contributed by atoms with Crippen LogP contribution in [0, 0.1) is 21.6 Å². The molecule has 2 unspecified atom stereocenters. The Balaban J connectivity index is 1.37. The van der Waals surface area contributed by atoms with Gasteiger partial charge in [-0.1, -0.05) is 86.3 Å². The fraction of sp³-hybridized carbons (Fsp3) is 0.571. The Bertz CT molecular complexity index is 1520. The van der Waals surface area contributed by atoms with Crippen molar-refractivity contribution in [2.75, 3.05) is 26.2 Å². The minimum Gasteiger partial charge on any atom is -0.393 e. The van der Waals surface area contributed by atoms with Crippen LogP contribution in [-0.2, 0) is 41.3 Å². The van der Waals surface area contributed by atoms with Crippen molar-refractivity contribution in [2.45, 2.75) is 115 Å². The second-order valence-corrected chi connectivity index (χ2v) is 15.6. The summed E-state index contributed by atoms with van der Waals surface area (Å²) in [6.45, 7) is 1.60. The molecule has 0 saturated heterocycles. The van der Waals surface area contributed by atoms with E-state index in [4.69, 9.17) is 31.6 Å². The predicted octanol–water partition coefficient (Wildman–Crippen LogP) is 2.32. The molecule has 4 amide bonds. The van der Waals surface area contributed by atoms with Crippen molar-refractivity contribution in [3.63, 3.8) is 0 Å². The maximum absolute atomic E-state index is 14.0. The summed E-state index contributed by atoms with van der Waals surface area (Å²) in [4.78, 5) is 55.3. The molecule has 0 heterocycles. The summed E-state index contributed by atoms with van der Waals surface area (Å²) in [6, 6.07) is 20.1. The van der Waals surface area contributed by atoms with Gasteiger partial charge in [0.05, 0.1) is 0 Å². The third-order valence-corrected chi connectivity index (χ3v) is 11.2. The van der Waals surface area contributed by atoms with Crippen molar-refractivity contribution in [2.24, 2.45) is 22.3 Å². The maximum Gasteiger partial charge on any atom is 0.441 e. The smallest absolute Gasteiger partial charge is 0.393 e. The van der Waals surface area contributed by atoms with Crippen LogP contribution in [0.2, 0.25) is 0 Å². The normalized spacial score (nSPS) is 16.2. The lowest BCUT2D eigenvalue weighted by atomic mass is 9.83. The number of hydrogen-bond acceptors (Lipinski definition) is 8. The van der Waals surface area contributed by atoms with Gasteiger partial charge in [0.1, 0.15) is 23.3 Å². The molecule has 2 atom stereocenters. The highest BCUT2D eigenvalue weighted by atomic mass is 16.6. The number of benzene rings is 2. The molecule has 0 aromatic heterocycles. The van der Waals surface area contributed by atoms with Gasteiger partial charge >= 0.3 is 7.69 Å². The lowest BCUT2D eigenvalue weighted by molar-refractivity contribution is -0.146. The van der Waals surface area contributed by atoms with E-state index < -0.39 is 35.1 Å². The van der Waals surface area contributed by atoms with E-state index in [1.165, 1.54) is 11.1 Å². The molecule has 12 N–H and O–H groups in total. The zero-order chi connectivity index (χ0) is 42.4. The molecule has 0 radical (unpaired) electrons. The Morgan fingerprint density at radius 3 is 1.27 bits per heavy atom. The van der Waals surface area contributed by atoms with Gasteiger partial charge in [0.15, 0.2) is 11.9 Å². The van der Waals surface area contributed by atoms with Crippen molar-refractivity contribution in [3.8, 4) is 0 Å². The SMILES string of the molecule is N=C(N)NCCCC(NC(=O)C1(C(=O)NCCCc2ccccc2)CCCC1)OBOC(CCCNC(=N)N)NC(=O)C1(C(=O)NCCCc2ccccc2)CCCC1. The van der Waals surface area contributed by atoms with Crippen molar-refractivity contribution < 1.29 is 28.5 Å². The molecule has 2 aromatic rings. The molecule has 0 bridgehead atoms. The second kappa shape index (κ2) is 24.7. The average Bonchev–Trinajstić information content (AvgIpc) is 3.94. The van der Waals surface area contributed by atoms with Crippen molar-refractivity contribution >= 4 is 43.2 Å². The first-order valence-corrected chi connectivity index (χ1v) is 21.2. The molecular weight excluding hydrogens is 751 g/mol. The van der Waals surface area contributed by atoms with Gasteiger partial charge in [0.2, 0.25) is 23.6 Å². The molecule has 2 aliphatic rings. The number of rotatable bonds is 26. The minimum atomic E-state index is -1.23. The Labute approximate surface area is 349 Å². The number of nitrogens with one attached hydrogen (secondary N) is 8. The molecule has 0 aliphatic heterocycles. The van der Waals surface area contributed by atoms with Crippen LogP contribution in [0.25, 0.3) is 0 Å². The number of guanidine groups is 2. The summed E-state index contributed by atoms with van der Waals surface area (Å²) < 4.78 is 12.2. The molecule has 2 aliphatic carbocycles. The van der Waals surface area contributed by atoms with Crippen LogP contribution in [0.4, 0.5) is 0 Å². The third-order valence-electron chi connectivity index (χ3n) is 11.2. The first kappa shape index (κ1) is 46.5. The largest absolute Gasteiger partial charge is 0.441 e. The van der Waals surface area contributed by atoms with Crippen molar-refractivity contribution in [1.82, 2.24) is 31.9 Å².